The maximum absolute atomic E-state index is 3.90. The molecule has 1 rings (SSSR count). The summed E-state index contributed by atoms with van der Waals surface area (Å²) in [7, 11) is 0. The lowest BCUT2D eigenvalue weighted by Gasteiger charge is -2.10. The largest absolute Gasteiger partial charge is 0.225 e. The zero-order valence-corrected chi connectivity index (χ0v) is 8.07. The standard InChI is InChI=1S/C9H15N3/c1-8-7-10-11-12(8)6-5-9(2,3)4/h5-7H,1-4H3/b6-5+. The molecule has 0 unspecified atom stereocenters. The van der Waals surface area contributed by atoms with Gasteiger partial charge in [-0.2, -0.15) is 0 Å². The zero-order valence-electron chi connectivity index (χ0n) is 8.07. The molecule has 0 saturated heterocycles. The van der Waals surface area contributed by atoms with E-state index in [9.17, 15) is 0 Å². The molecule has 0 fully saturated rings. The lowest BCUT2D eigenvalue weighted by Crippen LogP contribution is -2.01. The highest BCUT2D eigenvalue weighted by Gasteiger charge is 2.03. The van der Waals surface area contributed by atoms with Crippen molar-refractivity contribution < 1.29 is 0 Å². The molecule has 0 aliphatic heterocycles. The summed E-state index contributed by atoms with van der Waals surface area (Å²) in [5.41, 5.74) is 1.24. The van der Waals surface area contributed by atoms with Gasteiger partial charge in [-0.3, -0.25) is 0 Å². The van der Waals surface area contributed by atoms with E-state index in [0.29, 0.717) is 0 Å². The van der Waals surface area contributed by atoms with E-state index in [1.807, 2.05) is 13.1 Å². The topological polar surface area (TPSA) is 30.7 Å². The van der Waals surface area contributed by atoms with Crippen molar-refractivity contribution in [1.29, 1.82) is 0 Å². The highest BCUT2D eigenvalue weighted by molar-refractivity contribution is 5.24. The highest BCUT2D eigenvalue weighted by Crippen LogP contribution is 2.14. The zero-order chi connectivity index (χ0) is 9.19. The van der Waals surface area contributed by atoms with E-state index in [2.05, 4.69) is 37.2 Å². The first-order chi connectivity index (χ1) is 5.49. The summed E-state index contributed by atoms with van der Waals surface area (Å²) in [4.78, 5) is 0. The molecule has 0 N–H and O–H groups in total. The Morgan fingerprint density at radius 3 is 2.50 bits per heavy atom. The second-order valence-electron chi connectivity index (χ2n) is 4.00. The maximum atomic E-state index is 3.90. The van der Waals surface area contributed by atoms with Crippen LogP contribution in [0, 0.1) is 12.3 Å². The van der Waals surface area contributed by atoms with Crippen molar-refractivity contribution >= 4 is 6.20 Å². The lowest BCUT2D eigenvalue weighted by molar-refractivity contribution is 0.544. The summed E-state index contributed by atoms with van der Waals surface area (Å²) < 4.78 is 1.77. The Morgan fingerprint density at radius 1 is 1.42 bits per heavy atom. The number of hydrogen-bond acceptors (Lipinski definition) is 2. The van der Waals surface area contributed by atoms with Crippen LogP contribution in [0.5, 0.6) is 0 Å². The number of rotatable bonds is 1. The fourth-order valence-electron chi connectivity index (χ4n) is 0.736. The predicted octanol–water partition coefficient (Wildman–Crippen LogP) is 2.10. The van der Waals surface area contributed by atoms with Crippen LogP contribution >= 0.6 is 0 Å². The Balaban J connectivity index is 2.77. The van der Waals surface area contributed by atoms with Gasteiger partial charge in [-0.25, -0.2) is 4.68 Å². The van der Waals surface area contributed by atoms with Gasteiger partial charge in [0.15, 0.2) is 0 Å². The SMILES string of the molecule is Cc1cnnn1/C=C/C(C)(C)C. The van der Waals surface area contributed by atoms with Crippen molar-refractivity contribution in [1.82, 2.24) is 15.0 Å². The van der Waals surface area contributed by atoms with Crippen LogP contribution in [0.4, 0.5) is 0 Å². The van der Waals surface area contributed by atoms with Gasteiger partial charge in [0, 0.05) is 6.20 Å². The fraction of sp³-hybridized carbons (Fsp3) is 0.556. The highest BCUT2D eigenvalue weighted by atomic mass is 15.4. The summed E-state index contributed by atoms with van der Waals surface area (Å²) in [6.07, 6.45) is 5.80. The van der Waals surface area contributed by atoms with Crippen LogP contribution in [-0.4, -0.2) is 15.0 Å². The van der Waals surface area contributed by atoms with Crippen LogP contribution in [0.3, 0.4) is 0 Å². The molecule has 0 saturated carbocycles. The average molecular weight is 165 g/mol. The summed E-state index contributed by atoms with van der Waals surface area (Å²) in [6.45, 7) is 8.42. The molecule has 3 nitrogen and oxygen atoms in total. The van der Waals surface area contributed by atoms with Gasteiger partial charge >= 0.3 is 0 Å². The van der Waals surface area contributed by atoms with E-state index in [1.54, 1.807) is 10.9 Å². The first kappa shape index (κ1) is 8.97. The molecular weight excluding hydrogens is 150 g/mol. The molecule has 1 aromatic rings. The first-order valence-electron chi connectivity index (χ1n) is 4.05. The summed E-state index contributed by atoms with van der Waals surface area (Å²) in [5.74, 6) is 0. The third kappa shape index (κ3) is 2.49. The van der Waals surface area contributed by atoms with Gasteiger partial charge in [-0.15, -0.1) is 5.10 Å². The lowest BCUT2D eigenvalue weighted by atomic mass is 9.97. The van der Waals surface area contributed by atoms with E-state index in [1.165, 1.54) is 0 Å². The van der Waals surface area contributed by atoms with Gasteiger partial charge in [0.2, 0.25) is 0 Å². The minimum absolute atomic E-state index is 0.193. The quantitative estimate of drug-likeness (QED) is 0.638. The van der Waals surface area contributed by atoms with Crippen LogP contribution in [0.25, 0.3) is 6.20 Å². The molecule has 66 valence electrons. The third-order valence-corrected chi connectivity index (χ3v) is 1.47. The van der Waals surface area contributed by atoms with Gasteiger partial charge < -0.3 is 0 Å². The van der Waals surface area contributed by atoms with Crippen molar-refractivity contribution in [2.75, 3.05) is 0 Å². The predicted molar refractivity (Wildman–Crippen MR) is 49.5 cm³/mol. The van der Waals surface area contributed by atoms with Crippen molar-refractivity contribution in [3.63, 3.8) is 0 Å². The number of aromatic nitrogens is 3. The molecule has 1 heterocycles. The molecule has 0 spiro atoms. The van der Waals surface area contributed by atoms with E-state index in [4.69, 9.17) is 0 Å². The second-order valence-corrected chi connectivity index (χ2v) is 4.00. The van der Waals surface area contributed by atoms with Crippen LogP contribution < -0.4 is 0 Å². The minimum Gasteiger partial charge on any atom is -0.225 e. The molecule has 0 aliphatic carbocycles. The maximum Gasteiger partial charge on any atom is 0.0726 e. The van der Waals surface area contributed by atoms with E-state index >= 15 is 0 Å². The number of nitrogens with zero attached hydrogens (tertiary/aromatic N) is 3. The van der Waals surface area contributed by atoms with Crippen molar-refractivity contribution in [3.8, 4) is 0 Å². The van der Waals surface area contributed by atoms with Crippen molar-refractivity contribution in [2.24, 2.45) is 5.41 Å². The monoisotopic (exact) mass is 165 g/mol. The Morgan fingerprint density at radius 2 is 2.08 bits per heavy atom. The van der Waals surface area contributed by atoms with Gasteiger partial charge in [0.1, 0.15) is 0 Å². The smallest absolute Gasteiger partial charge is 0.0726 e. The van der Waals surface area contributed by atoms with Crippen LogP contribution in [-0.2, 0) is 0 Å². The van der Waals surface area contributed by atoms with E-state index in [-0.39, 0.29) is 5.41 Å². The Hall–Kier alpha value is -1.12. The fourth-order valence-corrected chi connectivity index (χ4v) is 0.736. The minimum atomic E-state index is 0.193. The molecule has 0 amide bonds. The summed E-state index contributed by atoms with van der Waals surface area (Å²) in [5, 5.41) is 7.68. The second kappa shape index (κ2) is 3.09. The normalized spacial score (nSPS) is 12.7. The molecule has 0 aliphatic rings. The molecule has 0 bridgehead atoms. The summed E-state index contributed by atoms with van der Waals surface area (Å²) in [6, 6.07) is 0. The van der Waals surface area contributed by atoms with E-state index < -0.39 is 0 Å². The Kier molecular flexibility index (Phi) is 2.31. The Labute approximate surface area is 73.1 Å². The first-order valence-corrected chi connectivity index (χ1v) is 4.05. The van der Waals surface area contributed by atoms with Crippen LogP contribution in [0.1, 0.15) is 26.5 Å². The van der Waals surface area contributed by atoms with Gasteiger partial charge in [0.25, 0.3) is 0 Å². The Bertz CT molecular complexity index is 278. The van der Waals surface area contributed by atoms with Gasteiger partial charge in [0.05, 0.1) is 11.9 Å². The average Bonchev–Trinajstić information content (AvgIpc) is 2.29. The van der Waals surface area contributed by atoms with Crippen LogP contribution in [0.15, 0.2) is 12.3 Å². The van der Waals surface area contributed by atoms with Gasteiger partial charge in [-0.1, -0.05) is 32.1 Å². The van der Waals surface area contributed by atoms with E-state index in [0.717, 1.165) is 5.69 Å². The molecule has 3 heteroatoms. The molecule has 1 aromatic heterocycles. The molecule has 12 heavy (non-hydrogen) atoms. The molecule has 0 atom stereocenters. The van der Waals surface area contributed by atoms with Crippen LogP contribution in [0.2, 0.25) is 0 Å². The van der Waals surface area contributed by atoms with Crippen molar-refractivity contribution in [3.05, 3.63) is 18.0 Å². The number of hydrogen-bond donors (Lipinski definition) is 0. The summed E-state index contributed by atoms with van der Waals surface area (Å²) >= 11 is 0. The number of aryl methyl sites for hydroxylation is 1. The molecular formula is C9H15N3. The third-order valence-electron chi connectivity index (χ3n) is 1.47. The molecule has 0 radical (unpaired) electrons. The molecule has 0 aromatic carbocycles. The van der Waals surface area contributed by atoms with Gasteiger partial charge in [-0.05, 0) is 12.3 Å². The van der Waals surface area contributed by atoms with Crippen molar-refractivity contribution in [2.45, 2.75) is 27.7 Å². The number of allylic oxidation sites excluding steroid dienone is 1.